The minimum atomic E-state index is -1.15. The van der Waals surface area contributed by atoms with Gasteiger partial charge in [-0.3, -0.25) is 14.4 Å². The Morgan fingerprint density at radius 2 is 2.00 bits per heavy atom. The highest BCUT2D eigenvalue weighted by Gasteiger charge is 2.04. The number of aliphatic carboxylic acids is 1. The van der Waals surface area contributed by atoms with E-state index in [0.29, 0.717) is 5.76 Å². The van der Waals surface area contributed by atoms with Crippen molar-refractivity contribution in [3.05, 3.63) is 29.7 Å². The molecule has 1 heterocycles. The molecule has 1 aromatic rings. The van der Waals surface area contributed by atoms with Crippen LogP contribution in [0.15, 0.2) is 22.6 Å². The summed E-state index contributed by atoms with van der Waals surface area (Å²) in [4.78, 5) is 32.6. The van der Waals surface area contributed by atoms with E-state index in [1.165, 1.54) is 12.2 Å². The summed E-state index contributed by atoms with van der Waals surface area (Å²) in [6, 6.07) is 3.47. The van der Waals surface area contributed by atoms with Crippen molar-refractivity contribution in [3.8, 4) is 0 Å². The molecule has 7 heteroatoms. The maximum absolute atomic E-state index is 11.3. The number of hydrogen-bond acceptors (Lipinski definition) is 4. The Morgan fingerprint density at radius 1 is 1.26 bits per heavy atom. The second kappa shape index (κ2) is 7.00. The van der Waals surface area contributed by atoms with Gasteiger partial charge in [0.05, 0.1) is 6.54 Å². The summed E-state index contributed by atoms with van der Waals surface area (Å²) in [7, 11) is 0. The molecule has 0 spiro atoms. The molecule has 0 aliphatic carbocycles. The normalized spacial score (nSPS) is 10.4. The molecule has 0 unspecified atom stereocenters. The number of furan rings is 1. The van der Waals surface area contributed by atoms with Crippen LogP contribution in [0.25, 0.3) is 6.08 Å². The van der Waals surface area contributed by atoms with Crippen LogP contribution in [0.1, 0.15) is 11.5 Å². The van der Waals surface area contributed by atoms with Gasteiger partial charge in [-0.1, -0.05) is 0 Å². The predicted octanol–water partition coefficient (Wildman–Crippen LogP) is -0.0818. The SMILES string of the molecule is Cc1ccc(/C=C/C(=O)NCC(=O)NCC(=O)O)o1. The number of rotatable bonds is 6. The fourth-order valence-corrected chi connectivity index (χ4v) is 1.16. The molecule has 0 fully saturated rings. The van der Waals surface area contributed by atoms with Gasteiger partial charge in [-0.2, -0.15) is 0 Å². The summed E-state index contributed by atoms with van der Waals surface area (Å²) >= 11 is 0. The van der Waals surface area contributed by atoms with E-state index in [0.717, 1.165) is 5.76 Å². The minimum Gasteiger partial charge on any atom is -0.480 e. The van der Waals surface area contributed by atoms with E-state index < -0.39 is 24.3 Å². The third kappa shape index (κ3) is 6.06. The van der Waals surface area contributed by atoms with E-state index in [1.54, 1.807) is 19.1 Å². The van der Waals surface area contributed by atoms with Gasteiger partial charge >= 0.3 is 5.97 Å². The van der Waals surface area contributed by atoms with Crippen LogP contribution in [0.5, 0.6) is 0 Å². The van der Waals surface area contributed by atoms with Crippen LogP contribution in [0.3, 0.4) is 0 Å². The summed E-state index contributed by atoms with van der Waals surface area (Å²) in [5.74, 6) is -0.929. The number of aryl methyl sites for hydroxylation is 1. The van der Waals surface area contributed by atoms with Gasteiger partial charge in [0.25, 0.3) is 0 Å². The summed E-state index contributed by atoms with van der Waals surface area (Å²) < 4.78 is 5.21. The molecule has 7 nitrogen and oxygen atoms in total. The molecular weight excluding hydrogens is 252 g/mol. The lowest BCUT2D eigenvalue weighted by molar-refractivity contribution is -0.137. The van der Waals surface area contributed by atoms with E-state index in [2.05, 4.69) is 10.6 Å². The number of carboxylic acids is 1. The number of carbonyl (C=O) groups excluding carboxylic acids is 2. The third-order valence-corrected chi connectivity index (χ3v) is 2.02. The maximum Gasteiger partial charge on any atom is 0.322 e. The molecular formula is C12H14N2O5. The number of carboxylic acid groups (broad SMARTS) is 1. The Labute approximate surface area is 109 Å². The fourth-order valence-electron chi connectivity index (χ4n) is 1.16. The van der Waals surface area contributed by atoms with Gasteiger partial charge in [0.1, 0.15) is 18.1 Å². The van der Waals surface area contributed by atoms with E-state index >= 15 is 0 Å². The minimum absolute atomic E-state index is 0.284. The zero-order chi connectivity index (χ0) is 14.3. The summed E-state index contributed by atoms with van der Waals surface area (Å²) in [6.45, 7) is 1.02. The molecule has 0 atom stereocenters. The third-order valence-electron chi connectivity index (χ3n) is 2.02. The highest BCUT2D eigenvalue weighted by atomic mass is 16.4. The second-order valence-electron chi connectivity index (χ2n) is 3.67. The van der Waals surface area contributed by atoms with E-state index in [1.807, 2.05) is 0 Å². The van der Waals surface area contributed by atoms with Crippen LogP contribution in [-0.4, -0.2) is 36.0 Å². The van der Waals surface area contributed by atoms with Crippen molar-refractivity contribution in [1.29, 1.82) is 0 Å². The van der Waals surface area contributed by atoms with Crippen LogP contribution in [0.4, 0.5) is 0 Å². The first-order chi connectivity index (χ1) is 8.97. The Balaban J connectivity index is 2.29. The highest BCUT2D eigenvalue weighted by Crippen LogP contribution is 2.07. The largest absolute Gasteiger partial charge is 0.480 e. The first-order valence-corrected chi connectivity index (χ1v) is 5.48. The van der Waals surface area contributed by atoms with Crippen molar-refractivity contribution < 1.29 is 23.9 Å². The highest BCUT2D eigenvalue weighted by molar-refractivity contribution is 5.94. The standard InChI is InChI=1S/C12H14N2O5/c1-8-2-3-9(19-8)4-5-10(15)13-6-11(16)14-7-12(17)18/h2-5H,6-7H2,1H3,(H,13,15)(H,14,16)(H,17,18)/b5-4+. The number of carbonyl (C=O) groups is 3. The van der Waals surface area contributed by atoms with Gasteiger partial charge in [-0.25, -0.2) is 0 Å². The molecule has 0 aliphatic heterocycles. The molecule has 0 saturated heterocycles. The van der Waals surface area contributed by atoms with Gasteiger partial charge in [0.2, 0.25) is 11.8 Å². The molecule has 3 N–H and O–H groups in total. The maximum atomic E-state index is 11.3. The number of hydrogen-bond donors (Lipinski definition) is 3. The van der Waals surface area contributed by atoms with Crippen molar-refractivity contribution in [1.82, 2.24) is 10.6 Å². The van der Waals surface area contributed by atoms with Gasteiger partial charge < -0.3 is 20.2 Å². The Hall–Kier alpha value is -2.57. The lowest BCUT2D eigenvalue weighted by atomic mass is 10.4. The number of nitrogens with one attached hydrogen (secondary N) is 2. The summed E-state index contributed by atoms with van der Waals surface area (Å²) in [5, 5.41) is 12.8. The van der Waals surface area contributed by atoms with Gasteiger partial charge in [-0.05, 0) is 25.1 Å². The fraction of sp³-hybridized carbons (Fsp3) is 0.250. The lowest BCUT2D eigenvalue weighted by Crippen LogP contribution is -2.38. The first kappa shape index (κ1) is 14.5. The van der Waals surface area contributed by atoms with Crippen LogP contribution < -0.4 is 10.6 Å². The van der Waals surface area contributed by atoms with E-state index in [9.17, 15) is 14.4 Å². The molecule has 0 saturated carbocycles. The Morgan fingerprint density at radius 3 is 2.58 bits per heavy atom. The van der Waals surface area contributed by atoms with Gasteiger partial charge in [-0.15, -0.1) is 0 Å². The predicted molar refractivity (Wildman–Crippen MR) is 66.1 cm³/mol. The summed E-state index contributed by atoms with van der Waals surface area (Å²) in [5.41, 5.74) is 0. The van der Waals surface area contributed by atoms with Crippen LogP contribution in [0.2, 0.25) is 0 Å². The molecule has 0 radical (unpaired) electrons. The van der Waals surface area contributed by atoms with E-state index in [-0.39, 0.29) is 6.54 Å². The Bertz CT molecular complexity index is 504. The lowest BCUT2D eigenvalue weighted by Gasteiger charge is -2.02. The second-order valence-corrected chi connectivity index (χ2v) is 3.67. The summed E-state index contributed by atoms with van der Waals surface area (Å²) in [6.07, 6.45) is 2.69. The molecule has 1 aromatic heterocycles. The number of amides is 2. The average Bonchev–Trinajstić information content (AvgIpc) is 2.77. The van der Waals surface area contributed by atoms with Gasteiger partial charge in [0, 0.05) is 6.08 Å². The van der Waals surface area contributed by atoms with Crippen molar-refractivity contribution in [2.75, 3.05) is 13.1 Å². The van der Waals surface area contributed by atoms with Crippen LogP contribution >= 0.6 is 0 Å². The smallest absolute Gasteiger partial charge is 0.322 e. The Kier molecular flexibility index (Phi) is 5.34. The van der Waals surface area contributed by atoms with Crippen molar-refractivity contribution >= 4 is 23.9 Å². The van der Waals surface area contributed by atoms with Crippen LogP contribution in [0, 0.1) is 6.92 Å². The zero-order valence-electron chi connectivity index (χ0n) is 10.3. The zero-order valence-corrected chi connectivity index (χ0v) is 10.3. The first-order valence-electron chi connectivity index (χ1n) is 5.48. The quantitative estimate of drug-likeness (QED) is 0.624. The molecule has 0 aromatic carbocycles. The monoisotopic (exact) mass is 266 g/mol. The molecule has 0 aliphatic rings. The molecule has 0 bridgehead atoms. The molecule has 1 rings (SSSR count). The molecule has 2 amide bonds. The van der Waals surface area contributed by atoms with Crippen LogP contribution in [-0.2, 0) is 14.4 Å². The topological polar surface area (TPSA) is 109 Å². The van der Waals surface area contributed by atoms with Crippen molar-refractivity contribution in [2.24, 2.45) is 0 Å². The van der Waals surface area contributed by atoms with Crippen molar-refractivity contribution in [3.63, 3.8) is 0 Å². The molecule has 102 valence electrons. The molecule has 19 heavy (non-hydrogen) atoms. The van der Waals surface area contributed by atoms with Gasteiger partial charge in [0.15, 0.2) is 0 Å². The van der Waals surface area contributed by atoms with Crippen molar-refractivity contribution in [2.45, 2.75) is 6.92 Å². The average molecular weight is 266 g/mol. The van der Waals surface area contributed by atoms with E-state index in [4.69, 9.17) is 9.52 Å².